The molecule has 4 rings (SSSR count). The normalized spacial score (nSPS) is 34.7. The highest BCUT2D eigenvalue weighted by Gasteiger charge is 2.51. The number of piperidine rings is 1. The lowest BCUT2D eigenvalue weighted by molar-refractivity contribution is -0.144. The van der Waals surface area contributed by atoms with E-state index in [0.717, 1.165) is 31.6 Å². The number of hydrogen-bond acceptors (Lipinski definition) is 4. The number of nitrogens with zero attached hydrogens (tertiary/aromatic N) is 1. The lowest BCUT2D eigenvalue weighted by Crippen LogP contribution is -2.52. The molecule has 1 unspecified atom stereocenters. The summed E-state index contributed by atoms with van der Waals surface area (Å²) in [5, 5.41) is 0. The highest BCUT2D eigenvalue weighted by atomic mass is 16.6. The molecule has 0 bridgehead atoms. The molecule has 4 atom stereocenters. The molecule has 3 aliphatic rings. The fourth-order valence-corrected chi connectivity index (χ4v) is 4.45. The van der Waals surface area contributed by atoms with E-state index >= 15 is 0 Å². The molecule has 4 nitrogen and oxygen atoms in total. The summed E-state index contributed by atoms with van der Waals surface area (Å²) in [7, 11) is 1.71. The molecule has 112 valence electrons. The van der Waals surface area contributed by atoms with Crippen molar-refractivity contribution >= 4 is 5.97 Å². The number of carbonyl (C=O) groups excluding carboxylic acids is 1. The third kappa shape index (κ3) is 1.89. The summed E-state index contributed by atoms with van der Waals surface area (Å²) in [6, 6.07) is 7.10. The van der Waals surface area contributed by atoms with Crippen LogP contribution in [0.25, 0.3) is 0 Å². The van der Waals surface area contributed by atoms with Crippen molar-refractivity contribution in [2.45, 2.75) is 44.4 Å². The number of fused-ring (bicyclic) bond motifs is 5. The molecule has 0 aromatic heterocycles. The standard InChI is InChI=1S/C17H21NO3/c1-10-16-14(17(19)21-10)5-6-15-13-4-3-12(20-2)9-11(13)7-8-18(15)16/h3-4,9-10,14-16H,5-8H2,1-2H3/t10-,14-,15?,16-/m1/s1. The summed E-state index contributed by atoms with van der Waals surface area (Å²) in [6.45, 7) is 3.04. The average Bonchev–Trinajstić information content (AvgIpc) is 2.81. The van der Waals surface area contributed by atoms with Crippen LogP contribution in [-0.2, 0) is 16.0 Å². The van der Waals surface area contributed by atoms with Crippen molar-refractivity contribution in [1.29, 1.82) is 0 Å². The molecule has 3 heterocycles. The third-order valence-electron chi connectivity index (χ3n) is 5.38. The van der Waals surface area contributed by atoms with Gasteiger partial charge in [-0.05, 0) is 49.4 Å². The van der Waals surface area contributed by atoms with Gasteiger partial charge in [0.15, 0.2) is 0 Å². The highest BCUT2D eigenvalue weighted by molar-refractivity contribution is 5.76. The zero-order chi connectivity index (χ0) is 14.6. The number of esters is 1. The number of methoxy groups -OCH3 is 1. The van der Waals surface area contributed by atoms with Crippen LogP contribution in [-0.4, -0.2) is 36.7 Å². The molecule has 2 fully saturated rings. The molecular weight excluding hydrogens is 266 g/mol. The predicted octanol–water partition coefficient (Wildman–Crippen LogP) is 2.32. The van der Waals surface area contributed by atoms with Gasteiger partial charge in [0.1, 0.15) is 11.9 Å². The Labute approximate surface area is 125 Å². The summed E-state index contributed by atoms with van der Waals surface area (Å²) < 4.78 is 10.8. The number of carbonyl (C=O) groups is 1. The molecule has 3 aliphatic heterocycles. The molecule has 0 saturated carbocycles. The second-order valence-corrected chi connectivity index (χ2v) is 6.38. The van der Waals surface area contributed by atoms with Crippen molar-refractivity contribution in [2.75, 3.05) is 13.7 Å². The first-order valence-corrected chi connectivity index (χ1v) is 7.82. The third-order valence-corrected chi connectivity index (χ3v) is 5.38. The van der Waals surface area contributed by atoms with Gasteiger partial charge in [0.05, 0.1) is 19.1 Å². The Hall–Kier alpha value is -1.55. The first-order chi connectivity index (χ1) is 10.2. The quantitative estimate of drug-likeness (QED) is 0.743. The Kier molecular flexibility index (Phi) is 2.96. The van der Waals surface area contributed by atoms with E-state index in [1.165, 1.54) is 11.1 Å². The van der Waals surface area contributed by atoms with Crippen molar-refractivity contribution in [3.63, 3.8) is 0 Å². The second-order valence-electron chi connectivity index (χ2n) is 6.38. The van der Waals surface area contributed by atoms with Crippen LogP contribution < -0.4 is 4.74 Å². The van der Waals surface area contributed by atoms with Crippen LogP contribution >= 0.6 is 0 Å². The van der Waals surface area contributed by atoms with E-state index in [9.17, 15) is 4.79 Å². The monoisotopic (exact) mass is 287 g/mol. The summed E-state index contributed by atoms with van der Waals surface area (Å²) in [5.41, 5.74) is 2.80. The van der Waals surface area contributed by atoms with Gasteiger partial charge in [-0.25, -0.2) is 0 Å². The van der Waals surface area contributed by atoms with E-state index in [4.69, 9.17) is 9.47 Å². The van der Waals surface area contributed by atoms with Gasteiger partial charge in [-0.3, -0.25) is 9.69 Å². The first-order valence-electron chi connectivity index (χ1n) is 7.82. The number of rotatable bonds is 1. The van der Waals surface area contributed by atoms with E-state index < -0.39 is 0 Å². The van der Waals surface area contributed by atoms with Gasteiger partial charge in [0.2, 0.25) is 0 Å². The summed E-state index contributed by atoms with van der Waals surface area (Å²) >= 11 is 0. The fourth-order valence-electron chi connectivity index (χ4n) is 4.45. The lowest BCUT2D eigenvalue weighted by atomic mass is 9.79. The molecule has 0 radical (unpaired) electrons. The van der Waals surface area contributed by atoms with Gasteiger partial charge in [-0.2, -0.15) is 0 Å². The minimum atomic E-state index is 0.00600. The molecule has 21 heavy (non-hydrogen) atoms. The topological polar surface area (TPSA) is 38.8 Å². The largest absolute Gasteiger partial charge is 0.497 e. The summed E-state index contributed by atoms with van der Waals surface area (Å²) in [4.78, 5) is 14.5. The Bertz CT molecular complexity index is 585. The van der Waals surface area contributed by atoms with E-state index in [1.54, 1.807) is 7.11 Å². The van der Waals surface area contributed by atoms with Gasteiger partial charge in [-0.1, -0.05) is 6.07 Å². The summed E-state index contributed by atoms with van der Waals surface area (Å²) in [5.74, 6) is 1.02. The number of hydrogen-bond donors (Lipinski definition) is 0. The smallest absolute Gasteiger partial charge is 0.310 e. The molecule has 1 aromatic carbocycles. The molecule has 0 aliphatic carbocycles. The maximum atomic E-state index is 12.0. The highest BCUT2D eigenvalue weighted by Crippen LogP contribution is 2.46. The zero-order valence-corrected chi connectivity index (χ0v) is 12.5. The van der Waals surface area contributed by atoms with Crippen LogP contribution in [0.4, 0.5) is 0 Å². The SMILES string of the molecule is COc1ccc2c(c1)CCN1C2CC[C@H]2C(=O)O[C@H](C)[C@H]21. The van der Waals surface area contributed by atoms with Crippen molar-refractivity contribution < 1.29 is 14.3 Å². The van der Waals surface area contributed by atoms with Gasteiger partial charge in [0.25, 0.3) is 0 Å². The van der Waals surface area contributed by atoms with Gasteiger partial charge in [0, 0.05) is 12.6 Å². The second kappa shape index (κ2) is 4.73. The maximum Gasteiger partial charge on any atom is 0.310 e. The Morgan fingerprint density at radius 3 is 3.00 bits per heavy atom. The minimum Gasteiger partial charge on any atom is -0.497 e. The maximum absolute atomic E-state index is 12.0. The first kappa shape index (κ1) is 13.1. The van der Waals surface area contributed by atoms with Crippen molar-refractivity contribution in [2.24, 2.45) is 5.92 Å². The Morgan fingerprint density at radius 1 is 1.33 bits per heavy atom. The molecule has 0 amide bonds. The van der Waals surface area contributed by atoms with E-state index in [1.807, 2.05) is 13.0 Å². The van der Waals surface area contributed by atoms with Gasteiger partial charge < -0.3 is 9.47 Å². The summed E-state index contributed by atoms with van der Waals surface area (Å²) in [6.07, 6.45) is 3.03. The lowest BCUT2D eigenvalue weighted by Gasteiger charge is -2.46. The Balaban J connectivity index is 1.69. The molecule has 0 spiro atoms. The Morgan fingerprint density at radius 2 is 2.19 bits per heavy atom. The van der Waals surface area contributed by atoms with Crippen LogP contribution in [0.15, 0.2) is 18.2 Å². The number of ether oxygens (including phenoxy) is 2. The van der Waals surface area contributed by atoms with E-state index in [0.29, 0.717) is 6.04 Å². The molecule has 4 heteroatoms. The van der Waals surface area contributed by atoms with Crippen LogP contribution in [0.1, 0.15) is 36.9 Å². The van der Waals surface area contributed by atoms with Crippen molar-refractivity contribution in [1.82, 2.24) is 4.90 Å². The van der Waals surface area contributed by atoms with E-state index in [2.05, 4.69) is 17.0 Å². The van der Waals surface area contributed by atoms with Crippen LogP contribution in [0.2, 0.25) is 0 Å². The molecule has 2 saturated heterocycles. The van der Waals surface area contributed by atoms with Gasteiger partial charge >= 0.3 is 5.97 Å². The van der Waals surface area contributed by atoms with Gasteiger partial charge in [-0.15, -0.1) is 0 Å². The van der Waals surface area contributed by atoms with Crippen LogP contribution in [0, 0.1) is 5.92 Å². The molecule has 1 aromatic rings. The van der Waals surface area contributed by atoms with Crippen LogP contribution in [0.5, 0.6) is 5.75 Å². The average molecular weight is 287 g/mol. The minimum absolute atomic E-state index is 0.00600. The van der Waals surface area contributed by atoms with Crippen molar-refractivity contribution in [3.05, 3.63) is 29.3 Å². The van der Waals surface area contributed by atoms with Crippen molar-refractivity contribution in [3.8, 4) is 5.75 Å². The number of cyclic esters (lactones) is 1. The molecule has 0 N–H and O–H groups in total. The predicted molar refractivity (Wildman–Crippen MR) is 78.2 cm³/mol. The fraction of sp³-hybridized carbons (Fsp3) is 0.588. The van der Waals surface area contributed by atoms with E-state index in [-0.39, 0.29) is 24.0 Å². The zero-order valence-electron chi connectivity index (χ0n) is 12.5. The van der Waals surface area contributed by atoms with Crippen LogP contribution in [0.3, 0.4) is 0 Å². The molecular formula is C17H21NO3. The number of benzene rings is 1.